The van der Waals surface area contributed by atoms with Crippen molar-refractivity contribution < 1.29 is 0 Å². The van der Waals surface area contributed by atoms with E-state index in [0.717, 1.165) is 26.8 Å². The average molecular weight is 345 g/mol. The van der Waals surface area contributed by atoms with E-state index in [1.54, 1.807) is 0 Å². The first-order valence-corrected chi connectivity index (χ1v) is 7.05. The van der Waals surface area contributed by atoms with Crippen LogP contribution in [0.2, 0.25) is 10.0 Å². The van der Waals surface area contributed by atoms with Crippen LogP contribution >= 0.6 is 39.1 Å². The van der Waals surface area contributed by atoms with Crippen molar-refractivity contribution in [3.63, 3.8) is 0 Å². The van der Waals surface area contributed by atoms with Crippen LogP contribution in [-0.4, -0.2) is 0 Å². The SMILES string of the molecule is Cc1cc(Cl)ccc1CNc1ccc(Cl)cc1Br. The molecule has 0 saturated heterocycles. The molecule has 0 radical (unpaired) electrons. The molecule has 0 aliphatic heterocycles. The highest BCUT2D eigenvalue weighted by Gasteiger charge is 2.02. The maximum absolute atomic E-state index is 5.93. The fourth-order valence-electron chi connectivity index (χ4n) is 1.68. The summed E-state index contributed by atoms with van der Waals surface area (Å²) in [5.41, 5.74) is 3.43. The molecule has 0 unspecified atom stereocenters. The molecule has 18 heavy (non-hydrogen) atoms. The van der Waals surface area contributed by atoms with Gasteiger partial charge in [0.15, 0.2) is 0 Å². The fraction of sp³-hybridized carbons (Fsp3) is 0.143. The van der Waals surface area contributed by atoms with E-state index in [1.165, 1.54) is 11.1 Å². The summed E-state index contributed by atoms with van der Waals surface area (Å²) in [5.74, 6) is 0. The Morgan fingerprint density at radius 1 is 1.06 bits per heavy atom. The Bertz CT molecular complexity index is 518. The average Bonchev–Trinajstić information content (AvgIpc) is 2.30. The van der Waals surface area contributed by atoms with Gasteiger partial charge in [0.05, 0.1) is 0 Å². The Hall–Kier alpha value is -0.700. The minimum absolute atomic E-state index is 0.718. The summed E-state index contributed by atoms with van der Waals surface area (Å²) in [7, 11) is 0. The molecular weight excluding hydrogens is 333 g/mol. The van der Waals surface area contributed by atoms with Gasteiger partial charge in [0.25, 0.3) is 0 Å². The van der Waals surface area contributed by atoms with Crippen LogP contribution in [-0.2, 0) is 6.54 Å². The first kappa shape index (κ1) is 13.7. The number of anilines is 1. The lowest BCUT2D eigenvalue weighted by Crippen LogP contribution is -2.01. The molecule has 0 saturated carbocycles. The third kappa shape index (κ3) is 3.41. The third-order valence-corrected chi connectivity index (χ3v) is 3.83. The van der Waals surface area contributed by atoms with Crippen LogP contribution in [0.15, 0.2) is 40.9 Å². The number of rotatable bonds is 3. The minimum atomic E-state index is 0.718. The van der Waals surface area contributed by atoms with Crippen molar-refractivity contribution in [3.05, 3.63) is 62.0 Å². The van der Waals surface area contributed by atoms with E-state index in [2.05, 4.69) is 28.2 Å². The van der Waals surface area contributed by atoms with Crippen LogP contribution in [0, 0.1) is 6.92 Å². The summed E-state index contributed by atoms with van der Waals surface area (Å²) in [6.45, 7) is 2.81. The highest BCUT2D eigenvalue weighted by molar-refractivity contribution is 9.10. The lowest BCUT2D eigenvalue weighted by molar-refractivity contribution is 1.12. The van der Waals surface area contributed by atoms with Crippen molar-refractivity contribution in [1.29, 1.82) is 0 Å². The molecule has 2 aromatic rings. The molecule has 4 heteroatoms. The summed E-state index contributed by atoms with van der Waals surface area (Å²) in [6, 6.07) is 11.6. The Labute approximate surface area is 125 Å². The first-order valence-electron chi connectivity index (χ1n) is 5.50. The fourth-order valence-corrected chi connectivity index (χ4v) is 2.73. The predicted molar refractivity (Wildman–Crippen MR) is 82.7 cm³/mol. The highest BCUT2D eigenvalue weighted by Crippen LogP contribution is 2.26. The van der Waals surface area contributed by atoms with Crippen molar-refractivity contribution in [2.75, 3.05) is 5.32 Å². The van der Waals surface area contributed by atoms with Gasteiger partial charge in [-0.15, -0.1) is 0 Å². The summed E-state index contributed by atoms with van der Waals surface area (Å²) >= 11 is 15.3. The van der Waals surface area contributed by atoms with Crippen LogP contribution in [0.3, 0.4) is 0 Å². The van der Waals surface area contributed by atoms with Crippen molar-refractivity contribution in [2.45, 2.75) is 13.5 Å². The van der Waals surface area contributed by atoms with Crippen LogP contribution in [0.25, 0.3) is 0 Å². The number of halogens is 3. The second kappa shape index (κ2) is 5.96. The van der Waals surface area contributed by atoms with Gasteiger partial charge in [0, 0.05) is 26.8 Å². The van der Waals surface area contributed by atoms with Gasteiger partial charge in [-0.1, -0.05) is 29.3 Å². The number of hydrogen-bond acceptors (Lipinski definition) is 1. The van der Waals surface area contributed by atoms with Crippen LogP contribution in [0.1, 0.15) is 11.1 Å². The monoisotopic (exact) mass is 343 g/mol. The zero-order chi connectivity index (χ0) is 13.1. The van der Waals surface area contributed by atoms with E-state index in [4.69, 9.17) is 23.2 Å². The topological polar surface area (TPSA) is 12.0 Å². The molecule has 1 nitrogen and oxygen atoms in total. The number of nitrogens with one attached hydrogen (secondary N) is 1. The zero-order valence-corrected chi connectivity index (χ0v) is 12.9. The number of benzene rings is 2. The molecule has 0 heterocycles. The van der Waals surface area contributed by atoms with Crippen LogP contribution in [0.4, 0.5) is 5.69 Å². The molecule has 2 rings (SSSR count). The molecule has 0 fully saturated rings. The molecule has 0 spiro atoms. The van der Waals surface area contributed by atoms with Gasteiger partial charge in [-0.05, 0) is 64.3 Å². The summed E-state index contributed by atoms with van der Waals surface area (Å²) in [4.78, 5) is 0. The van der Waals surface area contributed by atoms with Gasteiger partial charge < -0.3 is 5.32 Å². The summed E-state index contributed by atoms with van der Waals surface area (Å²) < 4.78 is 0.960. The Morgan fingerprint density at radius 2 is 1.72 bits per heavy atom. The van der Waals surface area contributed by atoms with Gasteiger partial charge in [0.1, 0.15) is 0 Å². The lowest BCUT2D eigenvalue weighted by Gasteiger charge is -2.11. The molecule has 0 atom stereocenters. The minimum Gasteiger partial charge on any atom is -0.380 e. The zero-order valence-electron chi connectivity index (χ0n) is 9.81. The predicted octanol–water partition coefficient (Wildman–Crippen LogP) is 5.68. The van der Waals surface area contributed by atoms with Crippen molar-refractivity contribution in [2.24, 2.45) is 0 Å². The van der Waals surface area contributed by atoms with E-state index in [9.17, 15) is 0 Å². The van der Waals surface area contributed by atoms with Gasteiger partial charge in [-0.25, -0.2) is 0 Å². The first-order chi connectivity index (χ1) is 8.56. The van der Waals surface area contributed by atoms with E-state index in [1.807, 2.05) is 36.4 Å². The maximum atomic E-state index is 5.93. The number of hydrogen-bond donors (Lipinski definition) is 1. The van der Waals surface area contributed by atoms with Gasteiger partial charge in [-0.2, -0.15) is 0 Å². The molecule has 0 aliphatic rings. The second-order valence-corrected chi connectivity index (χ2v) is 5.78. The Balaban J connectivity index is 2.11. The normalized spacial score (nSPS) is 10.4. The van der Waals surface area contributed by atoms with E-state index < -0.39 is 0 Å². The highest BCUT2D eigenvalue weighted by atomic mass is 79.9. The van der Waals surface area contributed by atoms with E-state index in [0.29, 0.717) is 0 Å². The molecular formula is C14H12BrCl2N. The summed E-state index contributed by atoms with van der Waals surface area (Å²) in [6.07, 6.45) is 0. The smallest absolute Gasteiger partial charge is 0.0488 e. The van der Waals surface area contributed by atoms with Crippen molar-refractivity contribution in [3.8, 4) is 0 Å². The molecule has 0 aromatic heterocycles. The molecule has 1 N–H and O–H groups in total. The van der Waals surface area contributed by atoms with Crippen molar-refractivity contribution >= 4 is 44.8 Å². The number of aryl methyl sites for hydroxylation is 1. The third-order valence-electron chi connectivity index (χ3n) is 2.71. The van der Waals surface area contributed by atoms with Crippen molar-refractivity contribution in [1.82, 2.24) is 0 Å². The standard InChI is InChI=1S/C14H12BrCl2N/c1-9-6-11(16)3-2-10(9)8-18-14-5-4-12(17)7-13(14)15/h2-7,18H,8H2,1H3. The quantitative estimate of drug-likeness (QED) is 0.755. The van der Waals surface area contributed by atoms with Crippen LogP contribution < -0.4 is 5.32 Å². The Kier molecular flexibility index (Phi) is 4.55. The lowest BCUT2D eigenvalue weighted by atomic mass is 10.1. The summed E-state index contributed by atoms with van der Waals surface area (Å²) in [5, 5.41) is 4.85. The van der Waals surface area contributed by atoms with E-state index >= 15 is 0 Å². The van der Waals surface area contributed by atoms with Crippen LogP contribution in [0.5, 0.6) is 0 Å². The molecule has 0 bridgehead atoms. The molecule has 2 aromatic carbocycles. The second-order valence-electron chi connectivity index (χ2n) is 4.05. The maximum Gasteiger partial charge on any atom is 0.0488 e. The molecule has 0 aliphatic carbocycles. The largest absolute Gasteiger partial charge is 0.380 e. The van der Waals surface area contributed by atoms with E-state index in [-0.39, 0.29) is 0 Å². The Morgan fingerprint density at radius 3 is 2.39 bits per heavy atom. The molecule has 94 valence electrons. The van der Waals surface area contributed by atoms with Gasteiger partial charge in [-0.3, -0.25) is 0 Å². The molecule has 0 amide bonds. The van der Waals surface area contributed by atoms with Gasteiger partial charge >= 0.3 is 0 Å². The van der Waals surface area contributed by atoms with Gasteiger partial charge in [0.2, 0.25) is 0 Å².